The fourth-order valence-electron chi connectivity index (χ4n) is 9.17. The predicted molar refractivity (Wildman–Crippen MR) is 128 cm³/mol. The maximum atomic E-state index is 7.25. The van der Waals surface area contributed by atoms with E-state index in [-0.39, 0.29) is 0 Å². The Hall–Kier alpha value is 0.505. The number of rotatable bonds is 4. The van der Waals surface area contributed by atoms with E-state index in [1.54, 1.807) is 0 Å². The summed E-state index contributed by atoms with van der Waals surface area (Å²) in [5.41, 5.74) is 1.15. The van der Waals surface area contributed by atoms with Gasteiger partial charge in [-0.25, -0.2) is 0 Å². The van der Waals surface area contributed by atoms with E-state index in [1.807, 2.05) is 0 Å². The van der Waals surface area contributed by atoms with Crippen molar-refractivity contribution in [2.45, 2.75) is 115 Å². The van der Waals surface area contributed by atoms with E-state index in [1.165, 1.54) is 51.4 Å². The van der Waals surface area contributed by atoms with Crippen molar-refractivity contribution in [1.29, 1.82) is 0 Å². The van der Waals surface area contributed by atoms with Gasteiger partial charge in [-0.05, 0) is 83.7 Å². The molecule has 0 heterocycles. The van der Waals surface area contributed by atoms with E-state index in [0.717, 1.165) is 47.1 Å². The first-order valence-corrected chi connectivity index (χ1v) is 13.8. The molecule has 3 heteroatoms. The monoisotopic (exact) mass is 462 g/mol. The standard InChI is InChI=1S/C26H44BBrO/c1-15-19-11-17(25(19,3)4)13-21(15)27(29-24-10-8-7-9-23(24)28)22-14-18-12-20(16(22)2)26(18,5)6/h15-24H,7-14H2,1-6H3/t15-,16-,17+,18+,19-,20-,21-,22-,23-,24-/m1/s1. The van der Waals surface area contributed by atoms with Crippen LogP contribution >= 0.6 is 15.9 Å². The van der Waals surface area contributed by atoms with E-state index in [0.29, 0.717) is 28.7 Å². The molecule has 7 rings (SSSR count). The molecule has 7 saturated carbocycles. The molecular formula is C26H44BBrO. The minimum absolute atomic E-state index is 0.450. The number of hydrogen-bond acceptors (Lipinski definition) is 1. The molecule has 7 aliphatic carbocycles. The second-order valence-corrected chi connectivity index (χ2v) is 14.4. The summed E-state index contributed by atoms with van der Waals surface area (Å²) >= 11 is 4.01. The largest absolute Gasteiger partial charge is 0.431 e. The van der Waals surface area contributed by atoms with Crippen LogP contribution in [-0.4, -0.2) is 17.8 Å². The van der Waals surface area contributed by atoms with E-state index in [9.17, 15) is 0 Å². The number of halogens is 1. The molecule has 0 aromatic rings. The van der Waals surface area contributed by atoms with Crippen LogP contribution in [0.2, 0.25) is 11.6 Å². The van der Waals surface area contributed by atoms with Gasteiger partial charge in [0.25, 0.3) is 6.92 Å². The second-order valence-electron chi connectivity index (χ2n) is 13.2. The molecule has 29 heavy (non-hydrogen) atoms. The summed E-state index contributed by atoms with van der Waals surface area (Å²) in [5.74, 6) is 6.97. The highest BCUT2D eigenvalue weighted by Crippen LogP contribution is 2.69. The van der Waals surface area contributed by atoms with Crippen molar-refractivity contribution >= 4 is 22.8 Å². The zero-order chi connectivity index (χ0) is 20.7. The Morgan fingerprint density at radius 1 is 0.759 bits per heavy atom. The van der Waals surface area contributed by atoms with Crippen LogP contribution in [0.5, 0.6) is 0 Å². The number of fused-ring (bicyclic) bond motifs is 4. The van der Waals surface area contributed by atoms with Crippen LogP contribution in [0.1, 0.15) is 92.9 Å². The lowest BCUT2D eigenvalue weighted by Gasteiger charge is -2.66. The molecule has 4 bridgehead atoms. The first kappa shape index (κ1) is 21.4. The number of hydrogen-bond donors (Lipinski definition) is 0. The molecule has 0 aliphatic heterocycles. The molecule has 0 aromatic carbocycles. The van der Waals surface area contributed by atoms with Crippen molar-refractivity contribution in [3.8, 4) is 0 Å². The summed E-state index contributed by atoms with van der Waals surface area (Å²) in [6.45, 7) is 15.9. The molecule has 0 saturated heterocycles. The van der Waals surface area contributed by atoms with Gasteiger partial charge in [0.15, 0.2) is 0 Å². The van der Waals surface area contributed by atoms with Crippen molar-refractivity contribution in [3.05, 3.63) is 0 Å². The smallest absolute Gasteiger partial charge is 0.300 e. The first-order valence-electron chi connectivity index (χ1n) is 12.9. The molecule has 7 aliphatic rings. The Balaban J connectivity index is 1.40. The average molecular weight is 463 g/mol. The van der Waals surface area contributed by atoms with Crippen LogP contribution in [0.15, 0.2) is 0 Å². The Morgan fingerprint density at radius 3 is 1.66 bits per heavy atom. The highest BCUT2D eigenvalue weighted by Gasteiger charge is 2.63. The van der Waals surface area contributed by atoms with Crippen LogP contribution in [0, 0.1) is 46.3 Å². The molecule has 1 nitrogen and oxygen atoms in total. The first-order chi connectivity index (χ1) is 13.6. The summed E-state index contributed by atoms with van der Waals surface area (Å²) in [5, 5.41) is 0. The average Bonchev–Trinajstić information content (AvgIpc) is 2.67. The summed E-state index contributed by atoms with van der Waals surface area (Å²) in [7, 11) is 0. The highest BCUT2D eigenvalue weighted by atomic mass is 79.9. The second kappa shape index (κ2) is 7.26. The van der Waals surface area contributed by atoms with E-state index in [2.05, 4.69) is 57.5 Å². The molecule has 0 aromatic heterocycles. The zero-order valence-corrected chi connectivity index (χ0v) is 21.4. The Labute approximate surface area is 189 Å². The van der Waals surface area contributed by atoms with Gasteiger partial charge >= 0.3 is 0 Å². The number of alkyl halides is 1. The SMILES string of the molecule is C[C@@H]1[C@H]2C[C@@H](C[C@H]1B(O[C@@H]1CCCC[C@H]1Br)[C@@H]1C[C@@H]3C[C@H]([C@H]1C)C3(C)C)C2(C)C. The third kappa shape index (κ3) is 3.17. The third-order valence-corrected chi connectivity index (χ3v) is 12.7. The summed E-state index contributed by atoms with van der Waals surface area (Å²) in [6, 6.07) is 0. The Bertz CT molecular complexity index is 590. The molecule has 0 spiro atoms. The van der Waals surface area contributed by atoms with Gasteiger partial charge in [0.05, 0.1) is 6.10 Å². The minimum Gasteiger partial charge on any atom is -0.431 e. The fraction of sp³-hybridized carbons (Fsp3) is 1.00. The predicted octanol–water partition coefficient (Wildman–Crippen LogP) is 7.85. The molecule has 10 atom stereocenters. The van der Waals surface area contributed by atoms with E-state index < -0.39 is 0 Å². The lowest BCUT2D eigenvalue weighted by molar-refractivity contribution is -0.112. The molecule has 164 valence electrons. The van der Waals surface area contributed by atoms with Crippen LogP contribution in [0.4, 0.5) is 0 Å². The maximum absolute atomic E-state index is 7.25. The fourth-order valence-corrected chi connectivity index (χ4v) is 9.89. The molecule has 0 unspecified atom stereocenters. The molecule has 7 fully saturated rings. The molecule has 0 radical (unpaired) electrons. The zero-order valence-electron chi connectivity index (χ0n) is 19.8. The van der Waals surface area contributed by atoms with Crippen LogP contribution < -0.4 is 0 Å². The molecular weight excluding hydrogens is 419 g/mol. The summed E-state index contributed by atoms with van der Waals surface area (Å²) in [4.78, 5) is 0.577. The third-order valence-electron chi connectivity index (χ3n) is 11.6. The quantitative estimate of drug-likeness (QED) is 0.305. The van der Waals surface area contributed by atoms with Gasteiger partial charge < -0.3 is 4.65 Å². The van der Waals surface area contributed by atoms with Gasteiger partial charge in [0, 0.05) is 4.83 Å². The van der Waals surface area contributed by atoms with Gasteiger partial charge in [-0.1, -0.05) is 83.2 Å². The van der Waals surface area contributed by atoms with Gasteiger partial charge in [-0.2, -0.15) is 0 Å². The van der Waals surface area contributed by atoms with Crippen molar-refractivity contribution in [2.24, 2.45) is 46.3 Å². The van der Waals surface area contributed by atoms with Crippen LogP contribution in [-0.2, 0) is 4.65 Å². The van der Waals surface area contributed by atoms with Crippen molar-refractivity contribution in [3.63, 3.8) is 0 Å². The van der Waals surface area contributed by atoms with Crippen molar-refractivity contribution in [1.82, 2.24) is 0 Å². The van der Waals surface area contributed by atoms with E-state index >= 15 is 0 Å². The highest BCUT2D eigenvalue weighted by molar-refractivity contribution is 9.09. The maximum Gasteiger partial charge on any atom is 0.300 e. The molecule has 0 N–H and O–H groups in total. The lowest BCUT2D eigenvalue weighted by atomic mass is 9.27. The van der Waals surface area contributed by atoms with Gasteiger partial charge in [-0.3, -0.25) is 0 Å². The minimum atomic E-state index is 0.450. The van der Waals surface area contributed by atoms with Crippen molar-refractivity contribution < 1.29 is 4.65 Å². The summed E-state index contributed by atoms with van der Waals surface area (Å²) < 4.78 is 7.25. The molecule has 0 amide bonds. The van der Waals surface area contributed by atoms with Crippen molar-refractivity contribution in [2.75, 3.05) is 0 Å². The van der Waals surface area contributed by atoms with Crippen LogP contribution in [0.25, 0.3) is 0 Å². The summed E-state index contributed by atoms with van der Waals surface area (Å²) in [6.07, 6.45) is 11.6. The normalized spacial score (nSPS) is 52.2. The lowest BCUT2D eigenvalue weighted by Crippen LogP contribution is -2.60. The Morgan fingerprint density at radius 2 is 1.24 bits per heavy atom. The van der Waals surface area contributed by atoms with Gasteiger partial charge in [0.2, 0.25) is 0 Å². The van der Waals surface area contributed by atoms with Gasteiger partial charge in [0.1, 0.15) is 0 Å². The Kier molecular flexibility index (Phi) is 5.35. The van der Waals surface area contributed by atoms with Crippen LogP contribution in [0.3, 0.4) is 0 Å². The van der Waals surface area contributed by atoms with Gasteiger partial charge in [-0.15, -0.1) is 0 Å². The van der Waals surface area contributed by atoms with E-state index in [4.69, 9.17) is 4.65 Å². The topological polar surface area (TPSA) is 9.23 Å².